The van der Waals surface area contributed by atoms with Gasteiger partial charge in [-0.05, 0) is 12.5 Å². The van der Waals surface area contributed by atoms with Gasteiger partial charge in [-0.25, -0.2) is 4.98 Å². The van der Waals surface area contributed by atoms with Crippen molar-refractivity contribution in [3.63, 3.8) is 0 Å². The maximum absolute atomic E-state index is 12.0. The number of hydrogen-bond acceptors (Lipinski definition) is 4. The fourth-order valence-electron chi connectivity index (χ4n) is 1.55. The Balaban J connectivity index is 1.96. The van der Waals surface area contributed by atoms with E-state index in [0.29, 0.717) is 5.82 Å². The maximum Gasteiger partial charge on any atom is 0.422 e. The first-order chi connectivity index (χ1) is 10.4. The normalized spacial score (nSPS) is 11.3. The van der Waals surface area contributed by atoms with Gasteiger partial charge in [0, 0.05) is 24.0 Å². The molecule has 2 aromatic rings. The van der Waals surface area contributed by atoms with Crippen LogP contribution in [-0.4, -0.2) is 33.9 Å². The quantitative estimate of drug-likeness (QED) is 0.889. The molecule has 2 rings (SSSR count). The Bertz CT molecular complexity index is 637. The molecular weight excluding hydrogens is 301 g/mol. The number of nitrogens with one attached hydrogen (secondary N) is 2. The standard InChI is InChI=1S/C13H13F3N4O2/c1-2-9-5-10(20-19-9)18-12(21)8-3-4-11(17-6-8)22-7-13(14,15)16/h3-6H,2,7H2,1H3,(H2,18,19,20,21). The summed E-state index contributed by atoms with van der Waals surface area (Å²) in [4.78, 5) is 15.6. The van der Waals surface area contributed by atoms with Crippen LogP contribution in [-0.2, 0) is 6.42 Å². The van der Waals surface area contributed by atoms with Gasteiger partial charge in [0.2, 0.25) is 5.88 Å². The molecule has 6 nitrogen and oxygen atoms in total. The zero-order valence-electron chi connectivity index (χ0n) is 11.6. The molecule has 0 saturated carbocycles. The average Bonchev–Trinajstić information content (AvgIpc) is 2.92. The van der Waals surface area contributed by atoms with Crippen molar-refractivity contribution in [3.05, 3.63) is 35.7 Å². The number of halogens is 3. The van der Waals surface area contributed by atoms with Gasteiger partial charge in [-0.1, -0.05) is 6.92 Å². The summed E-state index contributed by atoms with van der Waals surface area (Å²) in [7, 11) is 0. The summed E-state index contributed by atoms with van der Waals surface area (Å²) in [6.45, 7) is 0.501. The van der Waals surface area contributed by atoms with E-state index in [0.717, 1.165) is 18.3 Å². The molecule has 0 radical (unpaired) electrons. The number of carbonyl (C=O) groups excluding carboxylic acids is 1. The fraction of sp³-hybridized carbons (Fsp3) is 0.308. The lowest BCUT2D eigenvalue weighted by atomic mass is 10.2. The Hall–Kier alpha value is -2.58. The summed E-state index contributed by atoms with van der Waals surface area (Å²) < 4.78 is 40.4. The number of carbonyl (C=O) groups is 1. The molecule has 2 aromatic heterocycles. The molecule has 0 saturated heterocycles. The number of rotatable bonds is 5. The van der Waals surface area contributed by atoms with Crippen LogP contribution in [0.1, 0.15) is 23.0 Å². The number of aromatic amines is 1. The van der Waals surface area contributed by atoms with E-state index in [1.165, 1.54) is 12.1 Å². The third kappa shape index (κ3) is 4.47. The molecule has 0 bridgehead atoms. The van der Waals surface area contributed by atoms with Gasteiger partial charge in [-0.15, -0.1) is 0 Å². The zero-order chi connectivity index (χ0) is 16.2. The largest absolute Gasteiger partial charge is 0.468 e. The van der Waals surface area contributed by atoms with Gasteiger partial charge in [0.15, 0.2) is 12.4 Å². The summed E-state index contributed by atoms with van der Waals surface area (Å²) in [5, 5.41) is 9.19. The summed E-state index contributed by atoms with van der Waals surface area (Å²) >= 11 is 0. The Labute approximate surface area is 123 Å². The molecule has 0 atom stereocenters. The van der Waals surface area contributed by atoms with Gasteiger partial charge >= 0.3 is 6.18 Å². The van der Waals surface area contributed by atoms with E-state index in [9.17, 15) is 18.0 Å². The number of pyridine rings is 1. The molecule has 9 heteroatoms. The Kier molecular flexibility index (Phi) is 4.64. The molecule has 22 heavy (non-hydrogen) atoms. The van der Waals surface area contributed by atoms with Crippen LogP contribution in [0, 0.1) is 0 Å². The van der Waals surface area contributed by atoms with Crippen molar-refractivity contribution in [3.8, 4) is 5.88 Å². The van der Waals surface area contributed by atoms with Gasteiger partial charge in [0.1, 0.15) is 0 Å². The number of nitrogens with zero attached hydrogens (tertiary/aromatic N) is 2. The van der Waals surface area contributed by atoms with E-state index in [1.54, 1.807) is 6.07 Å². The first-order valence-electron chi connectivity index (χ1n) is 6.38. The molecule has 2 heterocycles. The number of aryl methyl sites for hydroxylation is 1. The van der Waals surface area contributed by atoms with Crippen molar-refractivity contribution in [2.75, 3.05) is 11.9 Å². The second kappa shape index (κ2) is 6.46. The van der Waals surface area contributed by atoms with Crippen LogP contribution < -0.4 is 10.1 Å². The summed E-state index contributed by atoms with van der Waals surface area (Å²) in [6.07, 6.45) is -2.56. The van der Waals surface area contributed by atoms with Crippen LogP contribution in [0.25, 0.3) is 0 Å². The average molecular weight is 314 g/mol. The van der Waals surface area contributed by atoms with E-state index in [1.807, 2.05) is 6.92 Å². The summed E-state index contributed by atoms with van der Waals surface area (Å²) in [6, 6.07) is 4.20. The van der Waals surface area contributed by atoms with Gasteiger partial charge < -0.3 is 10.1 Å². The van der Waals surface area contributed by atoms with Crippen molar-refractivity contribution in [1.29, 1.82) is 0 Å². The van der Waals surface area contributed by atoms with Crippen molar-refractivity contribution in [1.82, 2.24) is 15.2 Å². The molecule has 118 valence electrons. The fourth-order valence-corrected chi connectivity index (χ4v) is 1.55. The number of anilines is 1. The molecule has 0 spiro atoms. The second-order valence-corrected chi connectivity index (χ2v) is 4.38. The Morgan fingerprint density at radius 3 is 2.73 bits per heavy atom. The lowest BCUT2D eigenvalue weighted by molar-refractivity contribution is -0.154. The maximum atomic E-state index is 12.0. The lowest BCUT2D eigenvalue weighted by Crippen LogP contribution is -2.19. The number of H-pyrrole nitrogens is 1. The number of amides is 1. The van der Waals surface area contributed by atoms with Gasteiger partial charge in [0.25, 0.3) is 5.91 Å². The molecule has 2 N–H and O–H groups in total. The minimum atomic E-state index is -4.44. The van der Waals surface area contributed by atoms with Crippen LogP contribution in [0.3, 0.4) is 0 Å². The number of alkyl halides is 3. The second-order valence-electron chi connectivity index (χ2n) is 4.38. The molecule has 0 aliphatic carbocycles. The third-order valence-electron chi connectivity index (χ3n) is 2.64. The molecule has 0 aromatic carbocycles. The van der Waals surface area contributed by atoms with Crippen molar-refractivity contribution < 1.29 is 22.7 Å². The predicted octanol–water partition coefficient (Wildman–Crippen LogP) is 2.56. The topological polar surface area (TPSA) is 79.9 Å². The van der Waals surface area contributed by atoms with E-state index in [2.05, 4.69) is 25.2 Å². The van der Waals surface area contributed by atoms with Gasteiger partial charge in [0.05, 0.1) is 5.56 Å². The molecule has 1 amide bonds. The summed E-state index contributed by atoms with van der Waals surface area (Å²) in [5.41, 5.74) is 1.05. The van der Waals surface area contributed by atoms with Crippen LogP contribution >= 0.6 is 0 Å². The van der Waals surface area contributed by atoms with E-state index in [4.69, 9.17) is 0 Å². The van der Waals surface area contributed by atoms with Gasteiger partial charge in [-0.2, -0.15) is 18.3 Å². The highest BCUT2D eigenvalue weighted by atomic mass is 19.4. The SMILES string of the molecule is CCc1cc(NC(=O)c2ccc(OCC(F)(F)F)nc2)n[nH]1. The van der Waals surface area contributed by atoms with Crippen LogP contribution in [0.15, 0.2) is 24.4 Å². The third-order valence-corrected chi connectivity index (χ3v) is 2.64. The molecule has 0 unspecified atom stereocenters. The van der Waals surface area contributed by atoms with Crippen LogP contribution in [0.5, 0.6) is 5.88 Å². The van der Waals surface area contributed by atoms with Crippen molar-refractivity contribution >= 4 is 11.7 Å². The lowest BCUT2D eigenvalue weighted by Gasteiger charge is -2.08. The minimum Gasteiger partial charge on any atom is -0.468 e. The van der Waals surface area contributed by atoms with Crippen molar-refractivity contribution in [2.45, 2.75) is 19.5 Å². The highest BCUT2D eigenvalue weighted by molar-refractivity contribution is 6.03. The Morgan fingerprint density at radius 2 is 2.18 bits per heavy atom. The number of aromatic nitrogens is 3. The highest BCUT2D eigenvalue weighted by Crippen LogP contribution is 2.17. The first kappa shape index (κ1) is 15.8. The van der Waals surface area contributed by atoms with Crippen LogP contribution in [0.2, 0.25) is 0 Å². The Morgan fingerprint density at radius 1 is 1.41 bits per heavy atom. The molecule has 0 fully saturated rings. The molecule has 0 aliphatic rings. The van der Waals surface area contributed by atoms with Gasteiger partial charge in [-0.3, -0.25) is 9.89 Å². The monoisotopic (exact) mass is 314 g/mol. The zero-order valence-corrected chi connectivity index (χ0v) is 11.6. The molecular formula is C13H13F3N4O2. The van der Waals surface area contributed by atoms with E-state index >= 15 is 0 Å². The predicted molar refractivity (Wildman–Crippen MR) is 71.7 cm³/mol. The van der Waals surface area contributed by atoms with E-state index < -0.39 is 18.7 Å². The van der Waals surface area contributed by atoms with Crippen LogP contribution in [0.4, 0.5) is 19.0 Å². The highest BCUT2D eigenvalue weighted by Gasteiger charge is 2.28. The number of ether oxygens (including phenoxy) is 1. The first-order valence-corrected chi connectivity index (χ1v) is 6.38. The van der Waals surface area contributed by atoms with Crippen molar-refractivity contribution in [2.24, 2.45) is 0 Å². The molecule has 0 aliphatic heterocycles. The number of hydrogen-bond donors (Lipinski definition) is 2. The smallest absolute Gasteiger partial charge is 0.422 e. The summed E-state index contributed by atoms with van der Waals surface area (Å²) in [5.74, 6) is -0.315. The van der Waals surface area contributed by atoms with E-state index in [-0.39, 0.29) is 11.4 Å². The minimum absolute atomic E-state index is 0.181.